The molecule has 110 valence electrons. The second-order valence-electron chi connectivity index (χ2n) is 4.46. The molecule has 2 aromatic carbocycles. The van der Waals surface area contributed by atoms with E-state index in [2.05, 4.69) is 0 Å². The van der Waals surface area contributed by atoms with Crippen molar-refractivity contribution in [2.45, 2.75) is 11.8 Å². The Morgan fingerprint density at radius 1 is 1.10 bits per heavy atom. The largest absolute Gasteiger partial charge is 0.398 e. The number of hydrogen-bond acceptors (Lipinski definition) is 5. The van der Waals surface area contributed by atoms with Crippen LogP contribution in [0.3, 0.4) is 0 Å². The molecule has 0 aliphatic carbocycles. The van der Waals surface area contributed by atoms with Gasteiger partial charge in [0.15, 0.2) is 0 Å². The van der Waals surface area contributed by atoms with Gasteiger partial charge in [-0.15, -0.1) is 0 Å². The number of aryl methyl sites for hydroxylation is 1. The molecular weight excluding hydrogens is 292 g/mol. The van der Waals surface area contributed by atoms with E-state index in [9.17, 15) is 13.2 Å². The third-order valence-electron chi connectivity index (χ3n) is 2.81. The third kappa shape index (κ3) is 3.32. The monoisotopic (exact) mass is 306 g/mol. The van der Waals surface area contributed by atoms with Crippen LogP contribution in [0.25, 0.3) is 0 Å². The van der Waals surface area contributed by atoms with Crippen molar-refractivity contribution in [3.8, 4) is 5.75 Å². The normalized spacial score (nSPS) is 11.1. The number of carbonyl (C=O) groups excluding carboxylic acids is 1. The minimum Gasteiger partial charge on any atom is -0.398 e. The van der Waals surface area contributed by atoms with E-state index >= 15 is 0 Å². The number of hydrogen-bond donors (Lipinski definition) is 2. The molecule has 0 saturated heterocycles. The molecule has 0 bridgehead atoms. The van der Waals surface area contributed by atoms with E-state index in [0.29, 0.717) is 0 Å². The van der Waals surface area contributed by atoms with Crippen LogP contribution in [0, 0.1) is 6.92 Å². The summed E-state index contributed by atoms with van der Waals surface area (Å²) in [5.41, 5.74) is 11.8. The summed E-state index contributed by atoms with van der Waals surface area (Å²) < 4.78 is 29.2. The van der Waals surface area contributed by atoms with Crippen LogP contribution >= 0.6 is 0 Å². The van der Waals surface area contributed by atoms with Gasteiger partial charge >= 0.3 is 10.1 Å². The molecule has 0 atom stereocenters. The molecule has 6 nitrogen and oxygen atoms in total. The summed E-state index contributed by atoms with van der Waals surface area (Å²) in [5, 5.41) is 0. The molecule has 0 unspecified atom stereocenters. The summed E-state index contributed by atoms with van der Waals surface area (Å²) in [6.45, 7) is 1.84. The molecule has 2 aromatic rings. The van der Waals surface area contributed by atoms with Crippen LogP contribution in [0.1, 0.15) is 15.9 Å². The van der Waals surface area contributed by atoms with E-state index in [0.717, 1.165) is 5.56 Å². The second kappa shape index (κ2) is 5.45. The fourth-order valence-corrected chi connectivity index (χ4v) is 2.60. The molecule has 0 aromatic heterocycles. The fraction of sp³-hybridized carbons (Fsp3) is 0.0714. The number of carbonyl (C=O) groups is 1. The number of nitrogens with two attached hydrogens (primary N) is 2. The lowest BCUT2D eigenvalue weighted by Crippen LogP contribution is -2.15. The van der Waals surface area contributed by atoms with Crippen molar-refractivity contribution < 1.29 is 17.4 Å². The van der Waals surface area contributed by atoms with Crippen molar-refractivity contribution >= 4 is 21.7 Å². The second-order valence-corrected chi connectivity index (χ2v) is 6.01. The van der Waals surface area contributed by atoms with Crippen LogP contribution in [-0.2, 0) is 10.1 Å². The maximum absolute atomic E-state index is 12.1. The molecule has 1 amide bonds. The summed E-state index contributed by atoms with van der Waals surface area (Å²) in [5.74, 6) is -0.788. The van der Waals surface area contributed by atoms with E-state index in [-0.39, 0.29) is 21.9 Å². The van der Waals surface area contributed by atoms with Gasteiger partial charge in [0.2, 0.25) is 0 Å². The number of benzene rings is 2. The van der Waals surface area contributed by atoms with Crippen molar-refractivity contribution in [1.29, 1.82) is 0 Å². The lowest BCUT2D eigenvalue weighted by Gasteiger charge is -2.09. The smallest absolute Gasteiger partial charge is 0.339 e. The van der Waals surface area contributed by atoms with Gasteiger partial charge in [-0.1, -0.05) is 17.7 Å². The van der Waals surface area contributed by atoms with Crippen LogP contribution in [0.15, 0.2) is 47.4 Å². The van der Waals surface area contributed by atoms with Gasteiger partial charge in [-0.2, -0.15) is 8.42 Å². The van der Waals surface area contributed by atoms with Gasteiger partial charge in [-0.05, 0) is 37.3 Å². The quantitative estimate of drug-likeness (QED) is 0.655. The average molecular weight is 306 g/mol. The molecular formula is C14H14N2O4S. The molecule has 0 fully saturated rings. The standard InChI is InChI=1S/C14H14N2O4S/c1-9-2-5-11(6-3-9)21(18,19)20-10-4-7-13(15)12(8-10)14(16)17/h2-8H,15H2,1H3,(H2,16,17). The highest BCUT2D eigenvalue weighted by atomic mass is 32.2. The molecule has 0 radical (unpaired) electrons. The SMILES string of the molecule is Cc1ccc(S(=O)(=O)Oc2ccc(N)c(C(N)=O)c2)cc1. The predicted octanol–water partition coefficient (Wildman–Crippen LogP) is 1.44. The molecule has 0 spiro atoms. The highest BCUT2D eigenvalue weighted by molar-refractivity contribution is 7.87. The van der Waals surface area contributed by atoms with Crippen LogP contribution in [0.4, 0.5) is 5.69 Å². The lowest BCUT2D eigenvalue weighted by atomic mass is 10.1. The van der Waals surface area contributed by atoms with E-state index in [1.54, 1.807) is 12.1 Å². The number of amides is 1. The molecule has 0 aliphatic heterocycles. The summed E-state index contributed by atoms with van der Waals surface area (Å²) in [7, 11) is -3.98. The van der Waals surface area contributed by atoms with E-state index in [4.69, 9.17) is 15.7 Å². The van der Waals surface area contributed by atoms with Gasteiger partial charge in [0.1, 0.15) is 10.6 Å². The maximum atomic E-state index is 12.1. The molecule has 0 heterocycles. The highest BCUT2D eigenvalue weighted by Crippen LogP contribution is 2.23. The zero-order chi connectivity index (χ0) is 15.6. The summed E-state index contributed by atoms with van der Waals surface area (Å²) in [6.07, 6.45) is 0. The first-order valence-corrected chi connectivity index (χ1v) is 7.41. The topological polar surface area (TPSA) is 112 Å². The van der Waals surface area contributed by atoms with Crippen LogP contribution in [0.5, 0.6) is 5.75 Å². The van der Waals surface area contributed by atoms with Crippen molar-refractivity contribution in [1.82, 2.24) is 0 Å². The minimum atomic E-state index is -3.98. The van der Waals surface area contributed by atoms with Gasteiger partial charge in [0.25, 0.3) is 5.91 Å². The van der Waals surface area contributed by atoms with Crippen LogP contribution < -0.4 is 15.7 Å². The summed E-state index contributed by atoms with van der Waals surface area (Å²) in [6, 6.07) is 10.1. The number of primary amides is 1. The van der Waals surface area contributed by atoms with Crippen molar-refractivity contribution in [2.75, 3.05) is 5.73 Å². The Balaban J connectivity index is 2.35. The molecule has 0 saturated carbocycles. The van der Waals surface area contributed by atoms with Gasteiger partial charge in [-0.3, -0.25) is 4.79 Å². The Morgan fingerprint density at radius 3 is 2.29 bits per heavy atom. The molecule has 0 aliphatic rings. The molecule has 7 heteroatoms. The van der Waals surface area contributed by atoms with Gasteiger partial charge < -0.3 is 15.7 Å². The van der Waals surface area contributed by atoms with Crippen LogP contribution in [-0.4, -0.2) is 14.3 Å². The Bertz CT molecular complexity index is 783. The average Bonchev–Trinajstić information content (AvgIpc) is 2.41. The number of anilines is 1. The fourth-order valence-electron chi connectivity index (χ4n) is 1.68. The lowest BCUT2D eigenvalue weighted by molar-refractivity contribution is 0.100. The Morgan fingerprint density at radius 2 is 1.71 bits per heavy atom. The van der Waals surface area contributed by atoms with Gasteiger partial charge in [0, 0.05) is 5.69 Å². The van der Waals surface area contributed by atoms with E-state index in [1.807, 2.05) is 6.92 Å². The zero-order valence-electron chi connectivity index (χ0n) is 11.2. The molecule has 2 rings (SSSR count). The Labute approximate surface area is 122 Å². The maximum Gasteiger partial charge on any atom is 0.339 e. The van der Waals surface area contributed by atoms with E-state index < -0.39 is 16.0 Å². The first kappa shape index (κ1) is 14.9. The summed E-state index contributed by atoms with van der Waals surface area (Å²) in [4.78, 5) is 11.2. The van der Waals surface area contributed by atoms with Crippen molar-refractivity contribution in [3.63, 3.8) is 0 Å². The first-order chi connectivity index (χ1) is 9.79. The zero-order valence-corrected chi connectivity index (χ0v) is 12.1. The minimum absolute atomic E-state index is 0.00612. The Hall–Kier alpha value is -2.54. The van der Waals surface area contributed by atoms with Crippen LogP contribution in [0.2, 0.25) is 0 Å². The van der Waals surface area contributed by atoms with Gasteiger partial charge in [-0.25, -0.2) is 0 Å². The molecule has 21 heavy (non-hydrogen) atoms. The van der Waals surface area contributed by atoms with Crippen molar-refractivity contribution in [3.05, 3.63) is 53.6 Å². The predicted molar refractivity (Wildman–Crippen MR) is 78.4 cm³/mol. The summed E-state index contributed by atoms with van der Waals surface area (Å²) >= 11 is 0. The number of rotatable bonds is 4. The first-order valence-electron chi connectivity index (χ1n) is 6.00. The number of nitrogen functional groups attached to an aromatic ring is 1. The highest BCUT2D eigenvalue weighted by Gasteiger charge is 2.17. The van der Waals surface area contributed by atoms with E-state index in [1.165, 1.54) is 30.3 Å². The van der Waals surface area contributed by atoms with Crippen molar-refractivity contribution in [2.24, 2.45) is 5.73 Å². The molecule has 4 N–H and O–H groups in total. The Kier molecular flexibility index (Phi) is 3.86. The third-order valence-corrected chi connectivity index (χ3v) is 4.07. The van der Waals surface area contributed by atoms with Gasteiger partial charge in [0.05, 0.1) is 5.56 Å².